The first-order valence-corrected chi connectivity index (χ1v) is 8.40. The number of aryl methyl sites for hydroxylation is 1. The van der Waals surface area contributed by atoms with Crippen LogP contribution in [0.1, 0.15) is 28.1 Å². The van der Waals surface area contributed by atoms with Gasteiger partial charge in [-0.15, -0.1) is 11.3 Å². The minimum atomic E-state index is -0.638. The van der Waals surface area contributed by atoms with Gasteiger partial charge < -0.3 is 15.8 Å². The van der Waals surface area contributed by atoms with E-state index in [-0.39, 0.29) is 17.3 Å². The van der Waals surface area contributed by atoms with Gasteiger partial charge in [0.2, 0.25) is 0 Å². The molecular formula is C17H17FN2O3S. The molecule has 0 radical (unpaired) electrons. The van der Waals surface area contributed by atoms with Crippen LogP contribution in [0.3, 0.4) is 0 Å². The average Bonchev–Trinajstić information content (AvgIpc) is 3.16. The minimum absolute atomic E-state index is 0.246. The Balaban J connectivity index is 1.98. The zero-order valence-electron chi connectivity index (χ0n) is 13.1. The zero-order valence-corrected chi connectivity index (χ0v) is 13.9. The second-order valence-electron chi connectivity index (χ2n) is 5.60. The summed E-state index contributed by atoms with van der Waals surface area (Å²) in [6, 6.07) is 5.81. The summed E-state index contributed by atoms with van der Waals surface area (Å²) >= 11 is 1.27. The highest BCUT2D eigenvalue weighted by atomic mass is 32.1. The number of anilines is 1. The van der Waals surface area contributed by atoms with Crippen LogP contribution in [0.4, 0.5) is 9.39 Å². The molecule has 7 heteroatoms. The molecule has 3 rings (SSSR count). The molecule has 126 valence electrons. The highest BCUT2D eigenvalue weighted by molar-refractivity contribution is 7.17. The average molecular weight is 348 g/mol. The molecular weight excluding hydrogens is 331 g/mol. The number of amides is 2. The molecule has 1 aromatic carbocycles. The van der Waals surface area contributed by atoms with Gasteiger partial charge in [0.15, 0.2) is 0 Å². The maximum absolute atomic E-state index is 13.2. The number of halogens is 1. The summed E-state index contributed by atoms with van der Waals surface area (Å²) in [5, 5.41) is 3.16. The zero-order chi connectivity index (χ0) is 17.3. The van der Waals surface area contributed by atoms with E-state index in [0.29, 0.717) is 29.2 Å². The van der Waals surface area contributed by atoms with Gasteiger partial charge >= 0.3 is 0 Å². The Morgan fingerprint density at radius 2 is 2.04 bits per heavy atom. The number of rotatable bonds is 4. The van der Waals surface area contributed by atoms with E-state index < -0.39 is 12.0 Å². The fourth-order valence-electron chi connectivity index (χ4n) is 2.81. The van der Waals surface area contributed by atoms with Crippen molar-refractivity contribution in [2.75, 3.05) is 11.9 Å². The highest BCUT2D eigenvalue weighted by Crippen LogP contribution is 2.40. The van der Waals surface area contributed by atoms with Crippen molar-refractivity contribution in [3.05, 3.63) is 40.5 Å². The van der Waals surface area contributed by atoms with Gasteiger partial charge in [-0.2, -0.15) is 0 Å². The fraction of sp³-hybridized carbons (Fsp3) is 0.294. The van der Waals surface area contributed by atoms with Crippen molar-refractivity contribution >= 4 is 28.2 Å². The molecule has 0 saturated carbocycles. The SMILES string of the molecule is Cc1sc(NC(=O)C2CCCO2)c(C(N)=O)c1-c1ccc(F)cc1. The number of benzene rings is 1. The molecule has 1 aliphatic rings. The first-order chi connectivity index (χ1) is 11.5. The lowest BCUT2D eigenvalue weighted by Gasteiger charge is -2.10. The number of ether oxygens (including phenoxy) is 1. The first-order valence-electron chi connectivity index (χ1n) is 7.59. The Morgan fingerprint density at radius 3 is 2.62 bits per heavy atom. The Hall–Kier alpha value is -2.25. The van der Waals surface area contributed by atoms with Crippen molar-refractivity contribution in [1.82, 2.24) is 0 Å². The molecule has 24 heavy (non-hydrogen) atoms. The summed E-state index contributed by atoms with van der Waals surface area (Å²) in [5.41, 5.74) is 7.08. The predicted octanol–water partition coefficient (Wildman–Crippen LogP) is 3.08. The lowest BCUT2D eigenvalue weighted by Crippen LogP contribution is -2.27. The number of carbonyl (C=O) groups excluding carboxylic acids is 2. The molecule has 1 unspecified atom stereocenters. The smallest absolute Gasteiger partial charge is 0.254 e. The second kappa shape index (κ2) is 6.70. The summed E-state index contributed by atoms with van der Waals surface area (Å²) in [5.74, 6) is -1.28. The highest BCUT2D eigenvalue weighted by Gasteiger charge is 2.27. The van der Waals surface area contributed by atoms with Gasteiger partial charge in [-0.3, -0.25) is 9.59 Å². The molecule has 2 aromatic rings. The topological polar surface area (TPSA) is 81.4 Å². The van der Waals surface area contributed by atoms with Crippen LogP contribution < -0.4 is 11.1 Å². The molecule has 0 aliphatic carbocycles. The van der Waals surface area contributed by atoms with Gasteiger partial charge in [0.25, 0.3) is 11.8 Å². The van der Waals surface area contributed by atoms with Crippen molar-refractivity contribution in [3.8, 4) is 11.1 Å². The fourth-order valence-corrected chi connectivity index (χ4v) is 3.89. The van der Waals surface area contributed by atoms with E-state index in [9.17, 15) is 14.0 Å². The Labute approximate surface area is 142 Å². The van der Waals surface area contributed by atoms with Crippen molar-refractivity contribution in [3.63, 3.8) is 0 Å². The van der Waals surface area contributed by atoms with Gasteiger partial charge in [-0.05, 0) is 37.5 Å². The summed E-state index contributed by atoms with van der Waals surface area (Å²) in [4.78, 5) is 25.0. The lowest BCUT2D eigenvalue weighted by atomic mass is 10.0. The van der Waals surface area contributed by atoms with Gasteiger partial charge in [0.1, 0.15) is 16.9 Å². The van der Waals surface area contributed by atoms with E-state index >= 15 is 0 Å². The van der Waals surface area contributed by atoms with Gasteiger partial charge in [-0.1, -0.05) is 12.1 Å². The number of nitrogens with one attached hydrogen (secondary N) is 1. The van der Waals surface area contributed by atoms with Crippen molar-refractivity contribution in [2.45, 2.75) is 25.9 Å². The normalized spacial score (nSPS) is 17.0. The van der Waals surface area contributed by atoms with Crippen molar-refractivity contribution < 1.29 is 18.7 Å². The van der Waals surface area contributed by atoms with Crippen LogP contribution in [0.15, 0.2) is 24.3 Å². The number of thiophene rings is 1. The quantitative estimate of drug-likeness (QED) is 0.891. The third-order valence-electron chi connectivity index (χ3n) is 3.92. The molecule has 1 aromatic heterocycles. The summed E-state index contributed by atoms with van der Waals surface area (Å²) in [7, 11) is 0. The molecule has 5 nitrogen and oxygen atoms in total. The molecule has 1 aliphatic heterocycles. The largest absolute Gasteiger partial charge is 0.368 e. The van der Waals surface area contributed by atoms with Crippen LogP contribution in [0.2, 0.25) is 0 Å². The second-order valence-corrected chi connectivity index (χ2v) is 6.82. The molecule has 0 spiro atoms. The monoisotopic (exact) mass is 348 g/mol. The van der Waals surface area contributed by atoms with Crippen molar-refractivity contribution in [1.29, 1.82) is 0 Å². The molecule has 1 fully saturated rings. The van der Waals surface area contributed by atoms with E-state index in [1.807, 2.05) is 6.92 Å². The minimum Gasteiger partial charge on any atom is -0.368 e. The number of primary amides is 1. The Bertz CT molecular complexity index is 780. The predicted molar refractivity (Wildman–Crippen MR) is 90.6 cm³/mol. The Morgan fingerprint density at radius 1 is 1.33 bits per heavy atom. The Kier molecular flexibility index (Phi) is 4.64. The maximum Gasteiger partial charge on any atom is 0.254 e. The third kappa shape index (κ3) is 3.18. The summed E-state index contributed by atoms with van der Waals surface area (Å²) in [6.45, 7) is 2.39. The van der Waals surface area contributed by atoms with Crippen molar-refractivity contribution in [2.24, 2.45) is 5.73 Å². The van der Waals surface area contributed by atoms with Crippen LogP contribution in [0.5, 0.6) is 0 Å². The number of hydrogen-bond acceptors (Lipinski definition) is 4. The van der Waals surface area contributed by atoms with Crippen LogP contribution >= 0.6 is 11.3 Å². The standard InChI is InChI=1S/C17H17FN2O3S/c1-9-13(10-4-6-11(18)7-5-10)14(15(19)21)17(24-9)20-16(22)12-3-2-8-23-12/h4-7,12H,2-3,8H2,1H3,(H2,19,21)(H,20,22). The number of hydrogen-bond donors (Lipinski definition) is 2. The van der Waals surface area contributed by atoms with Gasteiger partial charge in [0, 0.05) is 17.0 Å². The summed E-state index contributed by atoms with van der Waals surface area (Å²) in [6.07, 6.45) is 1.00. The van der Waals surface area contributed by atoms with E-state index in [2.05, 4.69) is 5.32 Å². The van der Waals surface area contributed by atoms with E-state index in [1.165, 1.54) is 23.5 Å². The molecule has 2 amide bonds. The third-order valence-corrected chi connectivity index (χ3v) is 4.94. The molecule has 0 bridgehead atoms. The maximum atomic E-state index is 13.2. The van der Waals surface area contributed by atoms with Crippen LogP contribution in [0, 0.1) is 12.7 Å². The summed E-state index contributed by atoms with van der Waals surface area (Å²) < 4.78 is 18.5. The molecule has 3 N–H and O–H groups in total. The van der Waals surface area contributed by atoms with Crippen LogP contribution in [0.25, 0.3) is 11.1 Å². The van der Waals surface area contributed by atoms with E-state index in [4.69, 9.17) is 10.5 Å². The van der Waals surface area contributed by atoms with Gasteiger partial charge in [-0.25, -0.2) is 4.39 Å². The molecule has 2 heterocycles. The number of nitrogens with two attached hydrogens (primary N) is 1. The number of carbonyl (C=O) groups is 2. The van der Waals surface area contributed by atoms with E-state index in [0.717, 1.165) is 11.3 Å². The molecule has 1 atom stereocenters. The molecule has 1 saturated heterocycles. The van der Waals surface area contributed by atoms with Crippen LogP contribution in [-0.2, 0) is 9.53 Å². The lowest BCUT2D eigenvalue weighted by molar-refractivity contribution is -0.124. The van der Waals surface area contributed by atoms with Crippen LogP contribution in [-0.4, -0.2) is 24.5 Å². The van der Waals surface area contributed by atoms with E-state index in [1.54, 1.807) is 12.1 Å². The first kappa shape index (κ1) is 16.6. The van der Waals surface area contributed by atoms with Gasteiger partial charge in [0.05, 0.1) is 5.56 Å².